The number of aryl methyl sites for hydroxylation is 2. The highest BCUT2D eigenvalue weighted by Gasteiger charge is 2.33. The standard InChI is InChI=1S/C20H25N3O/c1-3-15-7-9-16(10-8-15)12-21-20(24)18-13-22-23-19(18)17-6-4-5-14(2)11-17/h4-11,18-19,22-23H,3,12-13H2,1-2H3,(H,21,24). The number of benzene rings is 2. The summed E-state index contributed by atoms with van der Waals surface area (Å²) < 4.78 is 0. The number of carbonyl (C=O) groups is 1. The van der Waals surface area contributed by atoms with E-state index in [0.29, 0.717) is 13.1 Å². The van der Waals surface area contributed by atoms with E-state index in [1.807, 2.05) is 6.07 Å². The second-order valence-corrected chi connectivity index (χ2v) is 6.41. The van der Waals surface area contributed by atoms with Crippen molar-refractivity contribution in [2.75, 3.05) is 6.54 Å². The molecule has 2 unspecified atom stereocenters. The molecule has 4 heteroatoms. The van der Waals surface area contributed by atoms with E-state index in [1.54, 1.807) is 0 Å². The molecule has 126 valence electrons. The normalized spacial score (nSPS) is 20.1. The SMILES string of the molecule is CCc1ccc(CNC(=O)C2CNNC2c2cccc(C)c2)cc1. The van der Waals surface area contributed by atoms with Crippen molar-refractivity contribution < 1.29 is 4.79 Å². The van der Waals surface area contributed by atoms with Crippen LogP contribution in [0.15, 0.2) is 48.5 Å². The summed E-state index contributed by atoms with van der Waals surface area (Å²) in [5.74, 6) is -0.0275. The minimum atomic E-state index is -0.110. The lowest BCUT2D eigenvalue weighted by molar-refractivity contribution is -0.125. The molecule has 1 fully saturated rings. The molecule has 2 aromatic carbocycles. The molecule has 2 aromatic rings. The molecule has 1 aliphatic heterocycles. The van der Waals surface area contributed by atoms with E-state index in [2.05, 4.69) is 72.5 Å². The van der Waals surface area contributed by atoms with Crippen molar-refractivity contribution in [3.8, 4) is 0 Å². The van der Waals surface area contributed by atoms with Crippen LogP contribution in [0.2, 0.25) is 0 Å². The maximum Gasteiger partial charge on any atom is 0.226 e. The van der Waals surface area contributed by atoms with E-state index in [1.165, 1.54) is 11.1 Å². The van der Waals surface area contributed by atoms with Gasteiger partial charge in [0, 0.05) is 13.1 Å². The first-order valence-electron chi connectivity index (χ1n) is 8.58. The molecule has 0 spiro atoms. The van der Waals surface area contributed by atoms with Gasteiger partial charge < -0.3 is 5.32 Å². The Balaban J connectivity index is 1.63. The van der Waals surface area contributed by atoms with Gasteiger partial charge in [0.15, 0.2) is 0 Å². The summed E-state index contributed by atoms with van der Waals surface area (Å²) in [7, 11) is 0. The molecule has 0 saturated carbocycles. The third kappa shape index (κ3) is 3.83. The van der Waals surface area contributed by atoms with Gasteiger partial charge in [-0.3, -0.25) is 10.2 Å². The highest BCUT2D eigenvalue weighted by atomic mass is 16.2. The summed E-state index contributed by atoms with van der Waals surface area (Å²) in [6.45, 7) is 5.42. The van der Waals surface area contributed by atoms with E-state index in [4.69, 9.17) is 0 Å². The van der Waals surface area contributed by atoms with Gasteiger partial charge in [0.2, 0.25) is 5.91 Å². The maximum atomic E-state index is 12.6. The smallest absolute Gasteiger partial charge is 0.226 e. The predicted octanol–water partition coefficient (Wildman–Crippen LogP) is 2.64. The largest absolute Gasteiger partial charge is 0.352 e. The third-order valence-electron chi connectivity index (χ3n) is 4.62. The van der Waals surface area contributed by atoms with E-state index in [0.717, 1.165) is 17.5 Å². The zero-order chi connectivity index (χ0) is 16.9. The highest BCUT2D eigenvalue weighted by molar-refractivity contribution is 5.80. The van der Waals surface area contributed by atoms with Crippen molar-refractivity contribution in [2.45, 2.75) is 32.9 Å². The Morgan fingerprint density at radius 1 is 1.17 bits per heavy atom. The van der Waals surface area contributed by atoms with Gasteiger partial charge in [-0.15, -0.1) is 0 Å². The second kappa shape index (κ2) is 7.60. The van der Waals surface area contributed by atoms with E-state index in [-0.39, 0.29) is 17.9 Å². The molecule has 0 radical (unpaired) electrons. The number of carbonyl (C=O) groups excluding carboxylic acids is 1. The molecule has 3 rings (SSSR count). The molecule has 24 heavy (non-hydrogen) atoms. The lowest BCUT2D eigenvalue weighted by atomic mass is 9.93. The fourth-order valence-electron chi connectivity index (χ4n) is 3.13. The van der Waals surface area contributed by atoms with Crippen molar-refractivity contribution in [2.24, 2.45) is 5.92 Å². The number of hydrogen-bond acceptors (Lipinski definition) is 3. The first kappa shape index (κ1) is 16.7. The van der Waals surface area contributed by atoms with Crippen molar-refractivity contribution >= 4 is 5.91 Å². The lowest BCUT2D eigenvalue weighted by Gasteiger charge is -2.19. The van der Waals surface area contributed by atoms with Crippen LogP contribution in [0.25, 0.3) is 0 Å². The number of rotatable bonds is 5. The number of nitrogens with one attached hydrogen (secondary N) is 3. The van der Waals surface area contributed by atoms with E-state index >= 15 is 0 Å². The predicted molar refractivity (Wildman–Crippen MR) is 96.2 cm³/mol. The van der Waals surface area contributed by atoms with Crippen LogP contribution >= 0.6 is 0 Å². The topological polar surface area (TPSA) is 53.2 Å². The Kier molecular flexibility index (Phi) is 5.28. The molecule has 4 nitrogen and oxygen atoms in total. The maximum absolute atomic E-state index is 12.6. The second-order valence-electron chi connectivity index (χ2n) is 6.41. The quantitative estimate of drug-likeness (QED) is 0.793. The molecule has 0 aromatic heterocycles. The molecule has 1 amide bonds. The molecule has 1 aliphatic rings. The Morgan fingerprint density at radius 2 is 1.92 bits per heavy atom. The van der Waals surface area contributed by atoms with Gasteiger partial charge >= 0.3 is 0 Å². The Labute approximate surface area is 143 Å². The van der Waals surface area contributed by atoms with Gasteiger partial charge in [-0.05, 0) is 30.0 Å². The Bertz CT molecular complexity index is 696. The van der Waals surface area contributed by atoms with Gasteiger partial charge in [0.1, 0.15) is 0 Å². The zero-order valence-electron chi connectivity index (χ0n) is 14.3. The molecule has 0 bridgehead atoms. The van der Waals surface area contributed by atoms with Gasteiger partial charge in [0.05, 0.1) is 12.0 Å². The number of hydrogen-bond donors (Lipinski definition) is 3. The first-order chi connectivity index (χ1) is 11.7. The van der Waals surface area contributed by atoms with Gasteiger partial charge in [-0.25, -0.2) is 5.43 Å². The van der Waals surface area contributed by atoms with E-state index in [9.17, 15) is 4.79 Å². The average molecular weight is 323 g/mol. The van der Waals surface area contributed by atoms with Crippen molar-refractivity contribution in [3.63, 3.8) is 0 Å². The van der Waals surface area contributed by atoms with Crippen LogP contribution in [-0.2, 0) is 17.8 Å². The lowest BCUT2D eigenvalue weighted by Crippen LogP contribution is -2.34. The van der Waals surface area contributed by atoms with Crippen LogP contribution in [0.4, 0.5) is 0 Å². The van der Waals surface area contributed by atoms with Gasteiger partial charge in [-0.2, -0.15) is 0 Å². The summed E-state index contributed by atoms with van der Waals surface area (Å²) in [5, 5.41) is 3.07. The first-order valence-corrected chi connectivity index (χ1v) is 8.58. The van der Waals surface area contributed by atoms with Crippen LogP contribution in [0.3, 0.4) is 0 Å². The summed E-state index contributed by atoms with van der Waals surface area (Å²) in [6.07, 6.45) is 1.03. The van der Waals surface area contributed by atoms with Crippen LogP contribution in [0, 0.1) is 12.8 Å². The van der Waals surface area contributed by atoms with Crippen LogP contribution in [-0.4, -0.2) is 12.5 Å². The molecular weight excluding hydrogens is 298 g/mol. The van der Waals surface area contributed by atoms with Crippen LogP contribution in [0.5, 0.6) is 0 Å². The zero-order valence-corrected chi connectivity index (χ0v) is 14.3. The van der Waals surface area contributed by atoms with E-state index < -0.39 is 0 Å². The molecule has 0 aliphatic carbocycles. The summed E-state index contributed by atoms with van der Waals surface area (Å²) in [4.78, 5) is 12.6. The fraction of sp³-hybridized carbons (Fsp3) is 0.350. The molecule has 1 saturated heterocycles. The van der Waals surface area contributed by atoms with Gasteiger partial charge in [0.25, 0.3) is 0 Å². The van der Waals surface area contributed by atoms with Crippen LogP contribution < -0.4 is 16.2 Å². The summed E-state index contributed by atoms with van der Waals surface area (Å²) in [6, 6.07) is 16.7. The minimum absolute atomic E-state index is 0.00682. The number of amides is 1. The minimum Gasteiger partial charge on any atom is -0.352 e. The average Bonchev–Trinajstić information content (AvgIpc) is 3.10. The Morgan fingerprint density at radius 3 is 2.62 bits per heavy atom. The van der Waals surface area contributed by atoms with Gasteiger partial charge in [-0.1, -0.05) is 61.0 Å². The van der Waals surface area contributed by atoms with Crippen molar-refractivity contribution in [1.29, 1.82) is 0 Å². The Hall–Kier alpha value is -2.17. The molecule has 2 atom stereocenters. The van der Waals surface area contributed by atoms with Crippen molar-refractivity contribution in [1.82, 2.24) is 16.2 Å². The monoisotopic (exact) mass is 323 g/mol. The fourth-order valence-corrected chi connectivity index (χ4v) is 3.13. The summed E-state index contributed by atoms with van der Waals surface area (Å²) >= 11 is 0. The molecular formula is C20H25N3O. The third-order valence-corrected chi connectivity index (χ3v) is 4.62. The molecule has 3 N–H and O–H groups in total. The molecule has 1 heterocycles. The number of hydrazine groups is 1. The highest BCUT2D eigenvalue weighted by Crippen LogP contribution is 2.25. The summed E-state index contributed by atoms with van der Waals surface area (Å²) in [5.41, 5.74) is 11.2. The van der Waals surface area contributed by atoms with Crippen LogP contribution in [0.1, 0.15) is 35.2 Å². The van der Waals surface area contributed by atoms with Crippen molar-refractivity contribution in [3.05, 3.63) is 70.8 Å².